The maximum atomic E-state index is 15.9. The first kappa shape index (κ1) is 25.9. The van der Waals surface area contributed by atoms with Gasteiger partial charge in [0, 0.05) is 23.0 Å². The van der Waals surface area contributed by atoms with Gasteiger partial charge in [-0.3, -0.25) is 4.57 Å². The van der Waals surface area contributed by atoms with Crippen molar-refractivity contribution in [3.8, 4) is 17.0 Å². The van der Waals surface area contributed by atoms with Crippen LogP contribution in [0.5, 0.6) is 5.75 Å². The van der Waals surface area contributed by atoms with Crippen LogP contribution in [0.1, 0.15) is 64.6 Å². The van der Waals surface area contributed by atoms with E-state index in [9.17, 15) is 0 Å². The molecule has 198 valence electrons. The summed E-state index contributed by atoms with van der Waals surface area (Å²) in [6, 6.07) is 11.0. The fourth-order valence-corrected chi connectivity index (χ4v) is 6.47. The van der Waals surface area contributed by atoms with Gasteiger partial charge in [-0.25, -0.2) is 9.37 Å². The molecule has 2 aliphatic heterocycles. The summed E-state index contributed by atoms with van der Waals surface area (Å²) in [5.74, 6) is 0.0606. The molecule has 0 saturated carbocycles. The second-order valence-electron chi connectivity index (χ2n) is 12.4. The molecule has 0 aliphatic carbocycles. The molecule has 5 nitrogen and oxygen atoms in total. The average Bonchev–Trinajstić information content (AvgIpc) is 3.45. The third-order valence-electron chi connectivity index (χ3n) is 7.63. The highest BCUT2D eigenvalue weighted by atomic mass is 35.5. The molecule has 9 heteroatoms. The Balaban J connectivity index is 1.49. The van der Waals surface area contributed by atoms with Gasteiger partial charge in [0.05, 0.1) is 37.9 Å². The second-order valence-corrected chi connectivity index (χ2v) is 14.0. The Morgan fingerprint density at radius 2 is 1.79 bits per heavy atom. The minimum absolute atomic E-state index is 0.109. The molecule has 2 aromatic heterocycles. The molecule has 4 aromatic rings. The summed E-state index contributed by atoms with van der Waals surface area (Å²) >= 11 is 7.95. The smallest absolute Gasteiger partial charge is 0.464 e. The van der Waals surface area contributed by atoms with Crippen LogP contribution < -0.4 is 10.2 Å². The van der Waals surface area contributed by atoms with E-state index in [-0.39, 0.29) is 5.41 Å². The number of benzene rings is 2. The quantitative estimate of drug-likeness (QED) is 0.249. The van der Waals surface area contributed by atoms with Crippen molar-refractivity contribution in [1.29, 1.82) is 0 Å². The van der Waals surface area contributed by atoms with E-state index in [0.717, 1.165) is 32.9 Å². The van der Waals surface area contributed by atoms with Gasteiger partial charge in [0.15, 0.2) is 0 Å². The van der Waals surface area contributed by atoms with Crippen molar-refractivity contribution in [2.75, 3.05) is 0 Å². The molecule has 2 aliphatic rings. The van der Waals surface area contributed by atoms with Crippen LogP contribution in [0.2, 0.25) is 5.02 Å². The fourth-order valence-electron chi connectivity index (χ4n) is 5.04. The number of halogens is 2. The Kier molecular flexibility index (Phi) is 5.82. The lowest BCUT2D eigenvalue weighted by molar-refractivity contribution is 0.00578. The first-order valence-corrected chi connectivity index (χ1v) is 14.0. The number of nitrogens with zero attached hydrogens (tertiary/aromatic N) is 2. The maximum Gasteiger partial charge on any atom is 0.495 e. The topological polar surface area (TPSA) is 45.5 Å². The summed E-state index contributed by atoms with van der Waals surface area (Å²) in [6.07, 6.45) is 2.23. The van der Waals surface area contributed by atoms with Crippen molar-refractivity contribution in [3.05, 3.63) is 63.3 Å². The fraction of sp³-hybridized carbons (Fsp3) is 0.414. The number of ether oxygens (including phenoxy) is 1. The van der Waals surface area contributed by atoms with Crippen LogP contribution in [0, 0.1) is 11.2 Å². The van der Waals surface area contributed by atoms with E-state index in [1.165, 1.54) is 6.07 Å². The summed E-state index contributed by atoms with van der Waals surface area (Å²) in [5.41, 5.74) is 1.68. The van der Waals surface area contributed by atoms with Gasteiger partial charge in [0.25, 0.3) is 0 Å². The molecule has 38 heavy (non-hydrogen) atoms. The first-order chi connectivity index (χ1) is 17.7. The van der Waals surface area contributed by atoms with Crippen molar-refractivity contribution in [2.24, 2.45) is 5.41 Å². The van der Waals surface area contributed by atoms with Crippen molar-refractivity contribution >= 4 is 46.4 Å². The Morgan fingerprint density at radius 3 is 2.47 bits per heavy atom. The summed E-state index contributed by atoms with van der Waals surface area (Å²) < 4.78 is 37.0. The van der Waals surface area contributed by atoms with E-state index in [4.69, 9.17) is 30.6 Å². The zero-order valence-corrected chi connectivity index (χ0v) is 24.3. The van der Waals surface area contributed by atoms with Gasteiger partial charge in [-0.05, 0) is 75.0 Å². The van der Waals surface area contributed by atoms with Gasteiger partial charge in [-0.15, -0.1) is 11.3 Å². The minimum atomic E-state index is -0.699. The summed E-state index contributed by atoms with van der Waals surface area (Å²) in [6.45, 7) is 14.5. The molecule has 0 radical (unpaired) electrons. The molecule has 2 aromatic carbocycles. The molecular weight excluding hydrogens is 522 g/mol. The lowest BCUT2D eigenvalue weighted by Crippen LogP contribution is -2.41. The predicted octanol–water partition coefficient (Wildman–Crippen LogP) is 7.38. The zero-order valence-electron chi connectivity index (χ0n) is 22.7. The monoisotopic (exact) mass is 552 g/mol. The van der Waals surface area contributed by atoms with Crippen molar-refractivity contribution < 1.29 is 18.4 Å². The van der Waals surface area contributed by atoms with Crippen LogP contribution in [0.3, 0.4) is 0 Å². The van der Waals surface area contributed by atoms with Gasteiger partial charge in [-0.1, -0.05) is 32.4 Å². The molecule has 0 N–H and O–H groups in total. The van der Waals surface area contributed by atoms with Gasteiger partial charge >= 0.3 is 7.12 Å². The molecule has 1 atom stereocenters. The van der Waals surface area contributed by atoms with E-state index in [1.807, 2.05) is 68.8 Å². The Morgan fingerprint density at radius 1 is 1.08 bits per heavy atom. The largest absolute Gasteiger partial charge is 0.495 e. The maximum absolute atomic E-state index is 15.9. The van der Waals surface area contributed by atoms with Crippen molar-refractivity contribution in [1.82, 2.24) is 9.55 Å². The Bertz CT molecular complexity index is 1560. The molecule has 0 bridgehead atoms. The molecule has 4 heterocycles. The summed E-state index contributed by atoms with van der Waals surface area (Å²) in [5, 5.41) is 2.59. The Hall–Kier alpha value is -2.39. The summed E-state index contributed by atoms with van der Waals surface area (Å²) in [4.78, 5) is 5.65. The zero-order chi connectivity index (χ0) is 27.2. The van der Waals surface area contributed by atoms with E-state index in [1.54, 1.807) is 11.3 Å². The second kappa shape index (κ2) is 8.56. The highest BCUT2D eigenvalue weighted by molar-refractivity contribution is 7.11. The lowest BCUT2D eigenvalue weighted by Gasteiger charge is -2.32. The molecule has 1 saturated heterocycles. The number of thiazole rings is 1. The molecule has 0 spiro atoms. The molecule has 1 unspecified atom stereocenters. The lowest BCUT2D eigenvalue weighted by atomic mass is 9.78. The van der Waals surface area contributed by atoms with E-state index in [0.29, 0.717) is 21.8 Å². The number of fused-ring (bicyclic) bond motifs is 5. The molecular formula is C29H31BClFN2O3S. The third kappa shape index (κ3) is 4.26. The van der Waals surface area contributed by atoms with Crippen molar-refractivity contribution in [3.63, 3.8) is 0 Å². The van der Waals surface area contributed by atoms with E-state index >= 15 is 4.39 Å². The highest BCUT2D eigenvalue weighted by Gasteiger charge is 2.52. The van der Waals surface area contributed by atoms with Crippen LogP contribution in [0.15, 0.2) is 42.6 Å². The van der Waals surface area contributed by atoms with Crippen LogP contribution in [0.4, 0.5) is 4.39 Å². The Labute approximate surface area is 232 Å². The average molecular weight is 553 g/mol. The third-order valence-corrected chi connectivity index (χ3v) is 8.89. The number of hydrogen-bond donors (Lipinski definition) is 0. The van der Waals surface area contributed by atoms with Crippen LogP contribution >= 0.6 is 22.9 Å². The van der Waals surface area contributed by atoms with Gasteiger partial charge in [0.1, 0.15) is 11.6 Å². The molecule has 1 fully saturated rings. The van der Waals surface area contributed by atoms with Crippen LogP contribution in [-0.2, 0) is 15.7 Å². The highest BCUT2D eigenvalue weighted by Crippen LogP contribution is 2.47. The van der Waals surface area contributed by atoms with E-state index in [2.05, 4.69) is 20.8 Å². The van der Waals surface area contributed by atoms with Crippen LogP contribution in [0.25, 0.3) is 22.2 Å². The van der Waals surface area contributed by atoms with Gasteiger partial charge < -0.3 is 14.0 Å². The first-order valence-electron chi connectivity index (χ1n) is 12.8. The standard InChI is InChI=1S/C29H31BClFN2O3S/c1-27(2,3)14-24-33-15-23(38-24)26-34-20-9-8-18(31)10-16(20)11-21(34)25-19(32)12-17(13-22(25)35-26)30-36-28(4,5)29(6,7)37-30/h8-13,15,26H,14H2,1-7H3. The van der Waals surface area contributed by atoms with Crippen LogP contribution in [-0.4, -0.2) is 27.9 Å². The van der Waals surface area contributed by atoms with Gasteiger partial charge in [0.2, 0.25) is 6.23 Å². The van der Waals surface area contributed by atoms with Crippen molar-refractivity contribution in [2.45, 2.75) is 72.3 Å². The normalized spacial score (nSPS) is 19.9. The van der Waals surface area contributed by atoms with Gasteiger partial charge in [-0.2, -0.15) is 0 Å². The molecule has 0 amide bonds. The SMILES string of the molecule is CC(C)(C)Cc1ncc(C2Oc3cc(B4OC(C)(C)C(C)(C)O4)cc(F)c3-c3cc4cc(Cl)ccc4n32)s1. The number of hydrogen-bond acceptors (Lipinski definition) is 5. The molecule has 6 rings (SSSR count). The van der Waals surface area contributed by atoms with E-state index < -0.39 is 30.4 Å². The number of rotatable bonds is 3. The summed E-state index contributed by atoms with van der Waals surface area (Å²) in [7, 11) is -0.699. The predicted molar refractivity (Wildman–Crippen MR) is 152 cm³/mol. The minimum Gasteiger partial charge on any atom is -0.464 e. The number of aromatic nitrogens is 2.